The van der Waals surface area contributed by atoms with Gasteiger partial charge in [-0.25, -0.2) is 8.78 Å². The summed E-state index contributed by atoms with van der Waals surface area (Å²) in [5.41, 5.74) is 6.07. The third-order valence-electron chi connectivity index (χ3n) is 3.85. The minimum atomic E-state index is -2.60. The lowest BCUT2D eigenvalue weighted by molar-refractivity contribution is -0.0509. The van der Waals surface area contributed by atoms with Crippen LogP contribution < -0.4 is 5.73 Å². The normalized spacial score (nSPS) is 21.8. The third-order valence-corrected chi connectivity index (χ3v) is 4.17. The van der Waals surface area contributed by atoms with Crippen molar-refractivity contribution in [3.05, 3.63) is 28.8 Å². The molecular weight excluding hydrogens is 260 g/mol. The molecule has 1 aliphatic carbocycles. The van der Waals surface area contributed by atoms with Crippen LogP contribution in [0.1, 0.15) is 31.2 Å². The van der Waals surface area contributed by atoms with Crippen molar-refractivity contribution in [3.8, 4) is 5.75 Å². The first-order valence-electron chi connectivity index (χ1n) is 5.95. The van der Waals surface area contributed by atoms with Crippen molar-refractivity contribution in [3.63, 3.8) is 0 Å². The summed E-state index contributed by atoms with van der Waals surface area (Å²) in [5, 5.41) is 9.73. The Balaban J connectivity index is 2.33. The van der Waals surface area contributed by atoms with Crippen molar-refractivity contribution in [2.24, 2.45) is 5.73 Å². The first-order chi connectivity index (χ1) is 8.38. The lowest BCUT2D eigenvalue weighted by atomic mass is 9.68. The second kappa shape index (κ2) is 4.67. The molecule has 5 heteroatoms. The number of aromatic hydroxyl groups is 1. The number of nitrogens with two attached hydrogens (primary N) is 1. The van der Waals surface area contributed by atoms with Crippen LogP contribution in [-0.2, 0) is 5.41 Å². The number of rotatable bonds is 2. The monoisotopic (exact) mass is 275 g/mol. The Morgan fingerprint density at radius 2 is 1.83 bits per heavy atom. The number of hydrogen-bond donors (Lipinski definition) is 2. The van der Waals surface area contributed by atoms with Crippen LogP contribution in [0.5, 0.6) is 5.75 Å². The van der Waals surface area contributed by atoms with Crippen molar-refractivity contribution >= 4 is 11.6 Å². The minimum Gasteiger partial charge on any atom is -0.508 e. The summed E-state index contributed by atoms with van der Waals surface area (Å²) in [6.45, 7) is 0.285. The summed E-state index contributed by atoms with van der Waals surface area (Å²) < 4.78 is 26.5. The maximum atomic E-state index is 13.3. The Bertz CT molecular complexity index is 441. The number of phenols is 1. The molecule has 1 aromatic rings. The molecule has 18 heavy (non-hydrogen) atoms. The predicted octanol–water partition coefficient (Wildman–Crippen LogP) is 3.45. The van der Waals surface area contributed by atoms with Crippen LogP contribution in [0.2, 0.25) is 5.02 Å². The fraction of sp³-hybridized carbons (Fsp3) is 0.538. The Labute approximate surface area is 110 Å². The average molecular weight is 276 g/mol. The van der Waals surface area contributed by atoms with E-state index in [9.17, 15) is 13.9 Å². The lowest BCUT2D eigenvalue weighted by Gasteiger charge is -2.40. The van der Waals surface area contributed by atoms with Crippen LogP contribution in [0, 0.1) is 0 Å². The largest absolute Gasteiger partial charge is 0.508 e. The van der Waals surface area contributed by atoms with Gasteiger partial charge in [0.05, 0.1) is 0 Å². The highest BCUT2D eigenvalue weighted by molar-refractivity contribution is 6.31. The molecular formula is C13H16ClF2NO. The van der Waals surface area contributed by atoms with E-state index in [-0.39, 0.29) is 25.1 Å². The Morgan fingerprint density at radius 3 is 2.33 bits per heavy atom. The number of alkyl halides is 2. The van der Waals surface area contributed by atoms with Crippen molar-refractivity contribution in [2.75, 3.05) is 6.54 Å². The number of halogens is 3. The summed E-state index contributed by atoms with van der Waals surface area (Å²) in [5.74, 6) is -2.53. The van der Waals surface area contributed by atoms with Gasteiger partial charge in [0.25, 0.3) is 0 Å². The lowest BCUT2D eigenvalue weighted by Crippen LogP contribution is -2.42. The van der Waals surface area contributed by atoms with Gasteiger partial charge in [-0.3, -0.25) is 0 Å². The van der Waals surface area contributed by atoms with Gasteiger partial charge in [-0.2, -0.15) is 0 Å². The first kappa shape index (κ1) is 13.6. The van der Waals surface area contributed by atoms with Gasteiger partial charge in [0.15, 0.2) is 0 Å². The van der Waals surface area contributed by atoms with E-state index in [0.29, 0.717) is 17.9 Å². The van der Waals surface area contributed by atoms with Gasteiger partial charge in [0, 0.05) is 29.8 Å². The zero-order chi connectivity index (χ0) is 13.4. The molecule has 0 aromatic heterocycles. The molecule has 0 atom stereocenters. The summed E-state index contributed by atoms with van der Waals surface area (Å²) in [7, 11) is 0. The van der Waals surface area contributed by atoms with Gasteiger partial charge in [0.1, 0.15) is 5.75 Å². The molecule has 3 N–H and O–H groups in total. The maximum Gasteiger partial charge on any atom is 0.248 e. The molecule has 1 aliphatic rings. The third kappa shape index (κ3) is 2.45. The molecule has 0 spiro atoms. The Hall–Kier alpha value is -0.870. The highest BCUT2D eigenvalue weighted by Gasteiger charge is 2.44. The van der Waals surface area contributed by atoms with E-state index in [1.54, 1.807) is 6.07 Å². The smallest absolute Gasteiger partial charge is 0.248 e. The second-order valence-electron chi connectivity index (χ2n) is 5.00. The summed E-state index contributed by atoms with van der Waals surface area (Å²) in [4.78, 5) is 0. The molecule has 1 aromatic carbocycles. The molecule has 0 bridgehead atoms. The van der Waals surface area contributed by atoms with E-state index in [0.717, 1.165) is 5.56 Å². The quantitative estimate of drug-likeness (QED) is 0.868. The zero-order valence-electron chi connectivity index (χ0n) is 9.93. The molecule has 0 saturated heterocycles. The van der Waals surface area contributed by atoms with Crippen LogP contribution >= 0.6 is 11.6 Å². The molecule has 100 valence electrons. The predicted molar refractivity (Wildman–Crippen MR) is 67.3 cm³/mol. The average Bonchev–Trinajstić information content (AvgIpc) is 2.31. The van der Waals surface area contributed by atoms with Crippen LogP contribution in [0.15, 0.2) is 18.2 Å². The first-order valence-corrected chi connectivity index (χ1v) is 6.33. The molecule has 0 radical (unpaired) electrons. The molecule has 2 nitrogen and oxygen atoms in total. The molecule has 0 unspecified atom stereocenters. The SMILES string of the molecule is NCC1(c2ccc(O)cc2Cl)CCC(F)(F)CC1. The van der Waals surface area contributed by atoms with Gasteiger partial charge in [0.2, 0.25) is 5.92 Å². The molecule has 1 fully saturated rings. The van der Waals surface area contributed by atoms with Gasteiger partial charge >= 0.3 is 0 Å². The van der Waals surface area contributed by atoms with Crippen molar-refractivity contribution < 1.29 is 13.9 Å². The van der Waals surface area contributed by atoms with Gasteiger partial charge in [-0.05, 0) is 30.5 Å². The Morgan fingerprint density at radius 1 is 1.22 bits per heavy atom. The minimum absolute atomic E-state index is 0.0667. The zero-order valence-corrected chi connectivity index (χ0v) is 10.7. The number of benzene rings is 1. The molecule has 1 saturated carbocycles. The van der Waals surface area contributed by atoms with E-state index in [2.05, 4.69) is 0 Å². The van der Waals surface area contributed by atoms with Crippen LogP contribution in [-0.4, -0.2) is 17.6 Å². The number of phenolic OH excluding ortho intramolecular Hbond substituents is 1. The van der Waals surface area contributed by atoms with Gasteiger partial charge in [-0.15, -0.1) is 0 Å². The fourth-order valence-corrected chi connectivity index (χ4v) is 2.99. The molecule has 0 amide bonds. The van der Waals surface area contributed by atoms with Crippen LogP contribution in [0.25, 0.3) is 0 Å². The highest BCUT2D eigenvalue weighted by Crippen LogP contribution is 2.47. The van der Waals surface area contributed by atoms with Crippen molar-refractivity contribution in [2.45, 2.75) is 37.0 Å². The van der Waals surface area contributed by atoms with E-state index in [4.69, 9.17) is 17.3 Å². The Kier molecular flexibility index (Phi) is 3.52. The molecule has 2 rings (SSSR count). The maximum absolute atomic E-state index is 13.3. The summed E-state index contributed by atoms with van der Waals surface area (Å²) in [6.07, 6.45) is 0.310. The second-order valence-corrected chi connectivity index (χ2v) is 5.41. The van der Waals surface area contributed by atoms with Gasteiger partial charge < -0.3 is 10.8 Å². The molecule has 0 heterocycles. The van der Waals surface area contributed by atoms with Crippen molar-refractivity contribution in [1.29, 1.82) is 0 Å². The fourth-order valence-electron chi connectivity index (χ4n) is 2.61. The summed E-state index contributed by atoms with van der Waals surface area (Å²) >= 11 is 6.10. The van der Waals surface area contributed by atoms with Crippen molar-refractivity contribution in [1.82, 2.24) is 0 Å². The highest BCUT2D eigenvalue weighted by atomic mass is 35.5. The van der Waals surface area contributed by atoms with Crippen LogP contribution in [0.4, 0.5) is 8.78 Å². The van der Waals surface area contributed by atoms with E-state index in [1.807, 2.05) is 0 Å². The topological polar surface area (TPSA) is 46.2 Å². The number of hydrogen-bond acceptors (Lipinski definition) is 2. The van der Waals surface area contributed by atoms with Gasteiger partial charge in [-0.1, -0.05) is 17.7 Å². The van der Waals surface area contributed by atoms with E-state index in [1.165, 1.54) is 12.1 Å². The van der Waals surface area contributed by atoms with Crippen LogP contribution in [0.3, 0.4) is 0 Å². The van der Waals surface area contributed by atoms with E-state index < -0.39 is 11.3 Å². The summed E-state index contributed by atoms with van der Waals surface area (Å²) in [6, 6.07) is 4.64. The standard InChI is InChI=1S/C13H16ClF2NO/c14-11-7-9(18)1-2-10(11)12(8-17)3-5-13(15,16)6-4-12/h1-2,7,18H,3-6,8,17H2. The molecule has 0 aliphatic heterocycles. The van der Waals surface area contributed by atoms with E-state index >= 15 is 0 Å².